The highest BCUT2D eigenvalue weighted by Crippen LogP contribution is 2.22. The first kappa shape index (κ1) is 12.9. The number of hydrogen-bond donors (Lipinski definition) is 0. The van der Waals surface area contributed by atoms with Gasteiger partial charge in [-0.25, -0.2) is 4.79 Å². The van der Waals surface area contributed by atoms with Crippen LogP contribution in [0.3, 0.4) is 0 Å². The molecule has 0 heterocycles. The predicted octanol–water partition coefficient (Wildman–Crippen LogP) is 3.87. The molecule has 92 valence electrons. The number of hydrogen-bond acceptors (Lipinski definition) is 3. The smallest absolute Gasteiger partial charge is 0.337 e. The molecule has 0 atom stereocenters. The van der Waals surface area contributed by atoms with Gasteiger partial charge in [0.2, 0.25) is 0 Å². The number of benzene rings is 2. The summed E-state index contributed by atoms with van der Waals surface area (Å²) in [4.78, 5) is 11.3. The third-order valence-corrected chi connectivity index (χ3v) is 3.04. The van der Waals surface area contributed by atoms with E-state index in [1.54, 1.807) is 24.3 Å². The summed E-state index contributed by atoms with van der Waals surface area (Å²) in [6.45, 7) is 0. The Kier molecular flexibility index (Phi) is 4.19. The molecular weight excluding hydrogens is 343 g/mol. The van der Waals surface area contributed by atoms with Crippen LogP contribution in [0.25, 0.3) is 0 Å². The van der Waals surface area contributed by atoms with E-state index in [1.165, 1.54) is 7.11 Å². The standard InChI is InChI=1S/C14H11IO3/c1-17-14(16)10-2-6-12(7-3-10)18-13-8-4-11(15)5-9-13/h2-9H,1H3. The van der Waals surface area contributed by atoms with Crippen LogP contribution in [0.4, 0.5) is 0 Å². The van der Waals surface area contributed by atoms with Gasteiger partial charge in [-0.2, -0.15) is 0 Å². The van der Waals surface area contributed by atoms with Crippen molar-refractivity contribution in [3.63, 3.8) is 0 Å². The summed E-state index contributed by atoms with van der Waals surface area (Å²) in [6.07, 6.45) is 0. The van der Waals surface area contributed by atoms with Gasteiger partial charge in [-0.1, -0.05) is 0 Å². The average Bonchev–Trinajstić information content (AvgIpc) is 2.41. The Morgan fingerprint density at radius 3 is 1.94 bits per heavy atom. The molecule has 4 heteroatoms. The van der Waals surface area contributed by atoms with Crippen LogP contribution in [0, 0.1) is 3.57 Å². The molecule has 0 saturated heterocycles. The van der Waals surface area contributed by atoms with Crippen LogP contribution in [0.15, 0.2) is 48.5 Å². The van der Waals surface area contributed by atoms with Crippen molar-refractivity contribution >= 4 is 28.6 Å². The molecule has 0 saturated carbocycles. The molecule has 0 N–H and O–H groups in total. The summed E-state index contributed by atoms with van der Waals surface area (Å²) in [6, 6.07) is 14.6. The van der Waals surface area contributed by atoms with Gasteiger partial charge in [0.15, 0.2) is 0 Å². The molecule has 0 aliphatic heterocycles. The van der Waals surface area contributed by atoms with E-state index in [1.807, 2.05) is 24.3 Å². The molecule has 0 aliphatic carbocycles. The zero-order valence-electron chi connectivity index (χ0n) is 9.72. The van der Waals surface area contributed by atoms with Gasteiger partial charge in [0.25, 0.3) is 0 Å². The lowest BCUT2D eigenvalue weighted by Crippen LogP contribution is -2.00. The maximum atomic E-state index is 11.3. The zero-order valence-corrected chi connectivity index (χ0v) is 11.9. The Hall–Kier alpha value is -1.56. The van der Waals surface area contributed by atoms with Crippen LogP contribution < -0.4 is 4.74 Å². The second-order valence-electron chi connectivity index (χ2n) is 3.57. The normalized spacial score (nSPS) is 9.89. The molecule has 0 radical (unpaired) electrons. The lowest BCUT2D eigenvalue weighted by molar-refractivity contribution is 0.0600. The van der Waals surface area contributed by atoms with E-state index in [0.29, 0.717) is 11.3 Å². The predicted molar refractivity (Wildman–Crippen MR) is 77.0 cm³/mol. The first-order valence-corrected chi connectivity index (χ1v) is 6.39. The number of rotatable bonds is 3. The summed E-state index contributed by atoms with van der Waals surface area (Å²) in [7, 11) is 1.36. The van der Waals surface area contributed by atoms with Crippen LogP contribution in [0.5, 0.6) is 11.5 Å². The van der Waals surface area contributed by atoms with Gasteiger partial charge in [0.1, 0.15) is 11.5 Å². The fourth-order valence-corrected chi connectivity index (χ4v) is 1.78. The topological polar surface area (TPSA) is 35.5 Å². The van der Waals surface area contributed by atoms with Gasteiger partial charge >= 0.3 is 5.97 Å². The van der Waals surface area contributed by atoms with Crippen molar-refractivity contribution in [3.8, 4) is 11.5 Å². The van der Waals surface area contributed by atoms with E-state index in [2.05, 4.69) is 27.3 Å². The Balaban J connectivity index is 2.10. The van der Waals surface area contributed by atoms with Crippen LogP contribution in [0.2, 0.25) is 0 Å². The maximum Gasteiger partial charge on any atom is 0.337 e. The largest absolute Gasteiger partial charge is 0.465 e. The fraction of sp³-hybridized carbons (Fsp3) is 0.0714. The molecule has 0 aromatic heterocycles. The van der Waals surface area contributed by atoms with E-state index in [9.17, 15) is 4.79 Å². The van der Waals surface area contributed by atoms with Crippen molar-refractivity contribution in [2.24, 2.45) is 0 Å². The number of methoxy groups -OCH3 is 1. The SMILES string of the molecule is COC(=O)c1ccc(Oc2ccc(I)cc2)cc1. The minimum Gasteiger partial charge on any atom is -0.465 e. The minimum absolute atomic E-state index is 0.351. The molecule has 2 aromatic rings. The Labute approximate surface area is 119 Å². The van der Waals surface area contributed by atoms with E-state index < -0.39 is 0 Å². The zero-order chi connectivity index (χ0) is 13.0. The van der Waals surface area contributed by atoms with Crippen LogP contribution >= 0.6 is 22.6 Å². The van der Waals surface area contributed by atoms with Gasteiger partial charge in [-0.15, -0.1) is 0 Å². The van der Waals surface area contributed by atoms with Crippen LogP contribution in [-0.2, 0) is 4.74 Å². The molecule has 2 aromatic carbocycles. The molecule has 0 bridgehead atoms. The van der Waals surface area contributed by atoms with Crippen molar-refractivity contribution < 1.29 is 14.3 Å². The Bertz CT molecular complexity index is 532. The molecule has 3 nitrogen and oxygen atoms in total. The van der Waals surface area contributed by atoms with Gasteiger partial charge in [-0.3, -0.25) is 0 Å². The number of carbonyl (C=O) groups is 1. The van der Waals surface area contributed by atoms with Crippen molar-refractivity contribution in [2.45, 2.75) is 0 Å². The van der Waals surface area contributed by atoms with Crippen LogP contribution in [-0.4, -0.2) is 13.1 Å². The lowest BCUT2D eigenvalue weighted by atomic mass is 10.2. The number of ether oxygens (including phenoxy) is 2. The molecule has 0 fully saturated rings. The Morgan fingerprint density at radius 2 is 1.44 bits per heavy atom. The van der Waals surface area contributed by atoms with Gasteiger partial charge < -0.3 is 9.47 Å². The quantitative estimate of drug-likeness (QED) is 0.620. The number of halogens is 1. The molecule has 0 amide bonds. The highest BCUT2D eigenvalue weighted by Gasteiger charge is 2.05. The monoisotopic (exact) mass is 354 g/mol. The molecule has 18 heavy (non-hydrogen) atoms. The first-order chi connectivity index (χ1) is 8.69. The minimum atomic E-state index is -0.351. The van der Waals surface area contributed by atoms with E-state index >= 15 is 0 Å². The fourth-order valence-electron chi connectivity index (χ4n) is 1.42. The molecular formula is C14H11IO3. The highest BCUT2D eigenvalue weighted by atomic mass is 127. The van der Waals surface area contributed by atoms with Crippen molar-refractivity contribution in [3.05, 3.63) is 57.7 Å². The summed E-state index contributed by atoms with van der Waals surface area (Å²) in [5.41, 5.74) is 0.507. The lowest BCUT2D eigenvalue weighted by Gasteiger charge is -2.06. The van der Waals surface area contributed by atoms with Crippen LogP contribution in [0.1, 0.15) is 10.4 Å². The molecule has 0 unspecified atom stereocenters. The summed E-state index contributed by atoms with van der Waals surface area (Å²) in [5.74, 6) is 1.10. The average molecular weight is 354 g/mol. The maximum absolute atomic E-state index is 11.3. The van der Waals surface area contributed by atoms with Crippen molar-refractivity contribution in [1.29, 1.82) is 0 Å². The molecule has 0 aliphatic rings. The van der Waals surface area contributed by atoms with E-state index in [4.69, 9.17) is 4.74 Å². The summed E-state index contributed by atoms with van der Waals surface area (Å²) in [5, 5.41) is 0. The molecule has 2 rings (SSSR count). The van der Waals surface area contributed by atoms with E-state index in [-0.39, 0.29) is 5.97 Å². The molecule has 0 spiro atoms. The second kappa shape index (κ2) is 5.86. The number of carbonyl (C=O) groups excluding carboxylic acids is 1. The number of esters is 1. The second-order valence-corrected chi connectivity index (χ2v) is 4.82. The first-order valence-electron chi connectivity index (χ1n) is 5.31. The van der Waals surface area contributed by atoms with Gasteiger partial charge in [0.05, 0.1) is 12.7 Å². The summed E-state index contributed by atoms with van der Waals surface area (Å²) < 4.78 is 11.4. The van der Waals surface area contributed by atoms with Crippen molar-refractivity contribution in [2.75, 3.05) is 7.11 Å². The van der Waals surface area contributed by atoms with Gasteiger partial charge in [0, 0.05) is 3.57 Å². The van der Waals surface area contributed by atoms with E-state index in [0.717, 1.165) is 9.32 Å². The highest BCUT2D eigenvalue weighted by molar-refractivity contribution is 14.1. The van der Waals surface area contributed by atoms with Gasteiger partial charge in [-0.05, 0) is 71.1 Å². The third-order valence-electron chi connectivity index (χ3n) is 2.32. The van der Waals surface area contributed by atoms with Crippen molar-refractivity contribution in [1.82, 2.24) is 0 Å². The summed E-state index contributed by atoms with van der Waals surface area (Å²) >= 11 is 2.24. The third kappa shape index (κ3) is 3.22. The Morgan fingerprint density at radius 1 is 0.944 bits per heavy atom.